The third kappa shape index (κ3) is 3.53. The smallest absolute Gasteiger partial charge is 0.321 e. The molecule has 3 aliphatic rings. The van der Waals surface area contributed by atoms with E-state index in [2.05, 4.69) is 9.47 Å². The predicted molar refractivity (Wildman–Crippen MR) is 66.0 cm³/mol. The van der Waals surface area contributed by atoms with E-state index in [9.17, 15) is 19.2 Å². The topological polar surface area (TPSA) is 86.7 Å². The minimum Gasteiger partial charge on any atom is -0.393 e. The Morgan fingerprint density at radius 1 is 0.900 bits per heavy atom. The molecule has 3 rings (SSSR count). The quantitative estimate of drug-likeness (QED) is 0.377. The van der Waals surface area contributed by atoms with Crippen molar-refractivity contribution < 1.29 is 28.7 Å². The molecule has 108 valence electrons. The number of hydrogen-bond donors (Lipinski definition) is 0. The summed E-state index contributed by atoms with van der Waals surface area (Å²) in [5, 5.41) is 0. The molecule has 2 atom stereocenters. The molecular formula is C14H16O6. The number of rotatable bonds is 0. The molecular weight excluding hydrogens is 264 g/mol. The van der Waals surface area contributed by atoms with Gasteiger partial charge in [0.1, 0.15) is 0 Å². The zero-order chi connectivity index (χ0) is 14.5. The third-order valence-electron chi connectivity index (χ3n) is 3.44. The lowest BCUT2D eigenvalue weighted by atomic mass is 9.86. The van der Waals surface area contributed by atoms with E-state index < -0.39 is 0 Å². The van der Waals surface area contributed by atoms with Crippen molar-refractivity contribution in [2.45, 2.75) is 38.5 Å². The van der Waals surface area contributed by atoms with Gasteiger partial charge in [0.15, 0.2) is 0 Å². The molecule has 2 fully saturated rings. The molecule has 0 N–H and O–H groups in total. The average Bonchev–Trinajstić information content (AvgIpc) is 2.58. The Labute approximate surface area is 116 Å². The van der Waals surface area contributed by atoms with E-state index in [1.165, 1.54) is 0 Å². The van der Waals surface area contributed by atoms with Gasteiger partial charge in [-0.15, -0.1) is 0 Å². The zero-order valence-electron chi connectivity index (χ0n) is 11.0. The Bertz CT molecular complexity index is 448. The SMILES string of the molecule is O=C1CCCCC(=O)O1.O=C1OC(=O)C2CCC=CC12. The average molecular weight is 280 g/mol. The molecule has 2 aliphatic heterocycles. The van der Waals surface area contributed by atoms with Crippen LogP contribution >= 0.6 is 0 Å². The van der Waals surface area contributed by atoms with E-state index in [-0.39, 0.29) is 35.7 Å². The monoisotopic (exact) mass is 280 g/mol. The van der Waals surface area contributed by atoms with Gasteiger partial charge in [0.25, 0.3) is 0 Å². The maximum atomic E-state index is 10.9. The van der Waals surface area contributed by atoms with Gasteiger partial charge in [0, 0.05) is 12.8 Å². The highest BCUT2D eigenvalue weighted by Gasteiger charge is 2.43. The number of carbonyl (C=O) groups excluding carboxylic acids is 4. The fourth-order valence-electron chi connectivity index (χ4n) is 2.35. The Kier molecular flexibility index (Phi) is 4.65. The summed E-state index contributed by atoms with van der Waals surface area (Å²) in [7, 11) is 0. The summed E-state index contributed by atoms with van der Waals surface area (Å²) in [6.45, 7) is 0. The van der Waals surface area contributed by atoms with Crippen LogP contribution in [0.5, 0.6) is 0 Å². The minimum absolute atomic E-state index is 0.188. The second-order valence-electron chi connectivity index (χ2n) is 4.93. The highest BCUT2D eigenvalue weighted by Crippen LogP contribution is 2.32. The van der Waals surface area contributed by atoms with Crippen LogP contribution in [0.25, 0.3) is 0 Å². The molecule has 0 aromatic carbocycles. The summed E-state index contributed by atoms with van der Waals surface area (Å²) in [5.41, 5.74) is 0. The first kappa shape index (κ1) is 14.4. The van der Waals surface area contributed by atoms with Gasteiger partial charge in [-0.05, 0) is 25.7 Å². The third-order valence-corrected chi connectivity index (χ3v) is 3.44. The predicted octanol–water partition coefficient (Wildman–Crippen LogP) is 1.28. The van der Waals surface area contributed by atoms with E-state index in [1.807, 2.05) is 6.08 Å². The van der Waals surface area contributed by atoms with Crippen molar-refractivity contribution in [3.05, 3.63) is 12.2 Å². The molecule has 2 unspecified atom stereocenters. The van der Waals surface area contributed by atoms with Crippen molar-refractivity contribution in [2.24, 2.45) is 11.8 Å². The number of hydrogen-bond acceptors (Lipinski definition) is 6. The number of carbonyl (C=O) groups is 4. The lowest BCUT2D eigenvalue weighted by Gasteiger charge is -2.12. The largest absolute Gasteiger partial charge is 0.393 e. The van der Waals surface area contributed by atoms with E-state index in [0.717, 1.165) is 25.7 Å². The van der Waals surface area contributed by atoms with Gasteiger partial charge in [-0.2, -0.15) is 0 Å². The first-order chi connectivity index (χ1) is 9.58. The first-order valence-corrected chi connectivity index (χ1v) is 6.73. The number of cyclic esters (lactones) is 4. The van der Waals surface area contributed by atoms with Crippen LogP contribution in [0.4, 0.5) is 0 Å². The summed E-state index contributed by atoms with van der Waals surface area (Å²) in [6.07, 6.45) is 7.70. The lowest BCUT2D eigenvalue weighted by molar-refractivity contribution is -0.158. The van der Waals surface area contributed by atoms with E-state index >= 15 is 0 Å². The fourth-order valence-corrected chi connectivity index (χ4v) is 2.35. The van der Waals surface area contributed by atoms with Crippen molar-refractivity contribution >= 4 is 23.9 Å². The van der Waals surface area contributed by atoms with Crippen LogP contribution in [-0.4, -0.2) is 23.9 Å². The van der Waals surface area contributed by atoms with Crippen LogP contribution in [-0.2, 0) is 28.7 Å². The molecule has 0 bridgehead atoms. The normalized spacial score (nSPS) is 28.8. The summed E-state index contributed by atoms with van der Waals surface area (Å²) >= 11 is 0. The van der Waals surface area contributed by atoms with Crippen LogP contribution in [0, 0.1) is 11.8 Å². The molecule has 6 heteroatoms. The maximum absolute atomic E-state index is 10.9. The number of fused-ring (bicyclic) bond motifs is 1. The molecule has 20 heavy (non-hydrogen) atoms. The van der Waals surface area contributed by atoms with E-state index in [1.54, 1.807) is 6.08 Å². The highest BCUT2D eigenvalue weighted by atomic mass is 16.6. The molecule has 2 heterocycles. The van der Waals surface area contributed by atoms with Crippen LogP contribution in [0.15, 0.2) is 12.2 Å². The molecule has 0 aromatic rings. The Hall–Kier alpha value is -1.98. The number of ether oxygens (including phenoxy) is 2. The van der Waals surface area contributed by atoms with Gasteiger partial charge in [-0.1, -0.05) is 12.2 Å². The highest BCUT2D eigenvalue weighted by molar-refractivity contribution is 5.97. The standard InChI is InChI=1S/C8H8O3.C6H8O3/c9-7-5-3-1-2-4-6(5)8(10)11-7;7-5-3-1-2-4-6(8)9-5/h1,3,5-6H,2,4H2;1-4H2. The molecule has 1 aliphatic carbocycles. The molecule has 0 saturated carbocycles. The molecule has 0 radical (unpaired) electrons. The van der Waals surface area contributed by atoms with Gasteiger partial charge < -0.3 is 9.47 Å². The number of allylic oxidation sites excluding steroid dienone is 1. The maximum Gasteiger partial charge on any atom is 0.321 e. The Balaban J connectivity index is 0.000000151. The Morgan fingerprint density at radius 2 is 1.55 bits per heavy atom. The molecule has 0 aromatic heterocycles. The van der Waals surface area contributed by atoms with Crippen molar-refractivity contribution in [3.8, 4) is 0 Å². The second kappa shape index (κ2) is 6.45. The molecule has 2 saturated heterocycles. The minimum atomic E-state index is -0.379. The summed E-state index contributed by atoms with van der Waals surface area (Å²) in [4.78, 5) is 42.8. The lowest BCUT2D eigenvalue weighted by Crippen LogP contribution is -2.17. The second-order valence-corrected chi connectivity index (χ2v) is 4.93. The van der Waals surface area contributed by atoms with Crippen molar-refractivity contribution in [3.63, 3.8) is 0 Å². The van der Waals surface area contributed by atoms with Crippen LogP contribution in [0.2, 0.25) is 0 Å². The Morgan fingerprint density at radius 3 is 2.15 bits per heavy atom. The van der Waals surface area contributed by atoms with Gasteiger partial charge in [-0.3, -0.25) is 19.2 Å². The summed E-state index contributed by atoms with van der Waals surface area (Å²) in [6, 6.07) is 0. The van der Waals surface area contributed by atoms with E-state index in [4.69, 9.17) is 0 Å². The fraction of sp³-hybridized carbons (Fsp3) is 0.571. The van der Waals surface area contributed by atoms with Gasteiger partial charge in [0.2, 0.25) is 0 Å². The summed E-state index contributed by atoms with van der Waals surface area (Å²) in [5.74, 6) is -1.95. The van der Waals surface area contributed by atoms with Crippen LogP contribution < -0.4 is 0 Å². The molecule has 0 amide bonds. The molecule has 0 spiro atoms. The zero-order valence-corrected chi connectivity index (χ0v) is 11.0. The molecule has 6 nitrogen and oxygen atoms in total. The van der Waals surface area contributed by atoms with Crippen molar-refractivity contribution in [2.75, 3.05) is 0 Å². The number of esters is 4. The van der Waals surface area contributed by atoms with Crippen molar-refractivity contribution in [1.29, 1.82) is 0 Å². The van der Waals surface area contributed by atoms with Gasteiger partial charge >= 0.3 is 23.9 Å². The van der Waals surface area contributed by atoms with Crippen LogP contribution in [0.3, 0.4) is 0 Å². The van der Waals surface area contributed by atoms with Gasteiger partial charge in [-0.25, -0.2) is 0 Å². The van der Waals surface area contributed by atoms with Crippen LogP contribution in [0.1, 0.15) is 38.5 Å². The van der Waals surface area contributed by atoms with E-state index in [0.29, 0.717) is 12.8 Å². The van der Waals surface area contributed by atoms with Crippen molar-refractivity contribution in [1.82, 2.24) is 0 Å². The first-order valence-electron chi connectivity index (χ1n) is 6.73. The van der Waals surface area contributed by atoms with Gasteiger partial charge in [0.05, 0.1) is 11.8 Å². The summed E-state index contributed by atoms with van der Waals surface area (Å²) < 4.78 is 8.81.